The lowest BCUT2D eigenvalue weighted by molar-refractivity contribution is -0.209. The number of ether oxygens (including phenoxy) is 6. The fourth-order valence-electron chi connectivity index (χ4n) is 4.67. The molecule has 0 saturated carbocycles. The highest BCUT2D eigenvalue weighted by Gasteiger charge is 2.45. The summed E-state index contributed by atoms with van der Waals surface area (Å²) < 4.78 is 35.6. The highest BCUT2D eigenvalue weighted by Crippen LogP contribution is 2.36. The SMILES string of the molecule is N=C(O[C@@H]1OC(COCc2ccccc2)[C@H](OCc2ccccc2)C(OCc2ccccc2)=C1OCc1ccccc1)C(Cl)(Cl)Cl. The van der Waals surface area contributed by atoms with Crippen LogP contribution in [0, 0.1) is 5.41 Å². The van der Waals surface area contributed by atoms with Gasteiger partial charge in [-0.05, 0) is 22.3 Å². The lowest BCUT2D eigenvalue weighted by atomic mass is 10.1. The molecule has 0 spiro atoms. The fraction of sp³-hybridized carbons (Fsp3) is 0.250. The second-order valence-electron chi connectivity index (χ2n) is 10.4. The van der Waals surface area contributed by atoms with Gasteiger partial charge >= 0.3 is 0 Å². The lowest BCUT2D eigenvalue weighted by Crippen LogP contribution is -2.48. The van der Waals surface area contributed by atoms with Gasteiger partial charge in [-0.2, -0.15) is 0 Å². The van der Waals surface area contributed by atoms with E-state index in [1.165, 1.54) is 0 Å². The first-order valence-electron chi connectivity index (χ1n) is 14.7. The van der Waals surface area contributed by atoms with Gasteiger partial charge in [0.2, 0.25) is 11.7 Å². The fourth-order valence-corrected chi connectivity index (χ4v) is 4.81. The molecule has 10 heteroatoms. The van der Waals surface area contributed by atoms with E-state index in [1.54, 1.807) is 0 Å². The summed E-state index contributed by atoms with van der Waals surface area (Å²) in [6, 6.07) is 38.9. The van der Waals surface area contributed by atoms with Crippen LogP contribution in [-0.2, 0) is 54.8 Å². The molecule has 3 atom stereocenters. The molecule has 0 aliphatic carbocycles. The third-order valence-electron chi connectivity index (χ3n) is 6.97. The van der Waals surface area contributed by atoms with E-state index in [2.05, 4.69) is 0 Å². The van der Waals surface area contributed by atoms with Gasteiger partial charge in [-0.3, -0.25) is 5.41 Å². The molecule has 4 aromatic carbocycles. The molecule has 0 fully saturated rings. The Labute approximate surface area is 284 Å². The molecule has 0 aromatic heterocycles. The maximum Gasteiger partial charge on any atom is 0.265 e. The number of hydrogen-bond acceptors (Lipinski definition) is 7. The van der Waals surface area contributed by atoms with Crippen LogP contribution in [0.25, 0.3) is 0 Å². The van der Waals surface area contributed by atoms with Crippen LogP contribution in [0.15, 0.2) is 133 Å². The normalized spacial score (nSPS) is 18.2. The maximum absolute atomic E-state index is 8.35. The highest BCUT2D eigenvalue weighted by molar-refractivity contribution is 6.76. The van der Waals surface area contributed by atoms with Crippen molar-refractivity contribution in [1.82, 2.24) is 0 Å². The molecule has 1 unspecified atom stereocenters. The second-order valence-corrected chi connectivity index (χ2v) is 12.7. The Hall–Kier alpha value is -3.56. The summed E-state index contributed by atoms with van der Waals surface area (Å²) in [5.41, 5.74) is 3.77. The van der Waals surface area contributed by atoms with Gasteiger partial charge in [0.15, 0.2) is 5.76 Å². The average molecular weight is 683 g/mol. The molecule has 5 rings (SSSR count). The summed E-state index contributed by atoms with van der Waals surface area (Å²) in [7, 11) is 0. The van der Waals surface area contributed by atoms with Crippen molar-refractivity contribution in [3.63, 3.8) is 0 Å². The lowest BCUT2D eigenvalue weighted by Gasteiger charge is -2.38. The second kappa shape index (κ2) is 16.8. The molecule has 0 amide bonds. The summed E-state index contributed by atoms with van der Waals surface area (Å²) in [6.07, 6.45) is -2.85. The number of benzene rings is 4. The van der Waals surface area contributed by atoms with Crippen LogP contribution in [0.2, 0.25) is 0 Å². The third kappa shape index (κ3) is 9.97. The summed E-state index contributed by atoms with van der Waals surface area (Å²) >= 11 is 18.1. The molecule has 0 radical (unpaired) electrons. The molecular weight excluding hydrogens is 649 g/mol. The number of hydrogen-bond donors (Lipinski definition) is 1. The third-order valence-corrected chi connectivity index (χ3v) is 7.49. The molecule has 4 aromatic rings. The molecule has 0 saturated heterocycles. The van der Waals surface area contributed by atoms with Gasteiger partial charge in [0.1, 0.15) is 25.4 Å². The zero-order valence-electron chi connectivity index (χ0n) is 24.9. The predicted molar refractivity (Wildman–Crippen MR) is 178 cm³/mol. The van der Waals surface area contributed by atoms with E-state index in [9.17, 15) is 0 Å². The van der Waals surface area contributed by atoms with Crippen LogP contribution < -0.4 is 0 Å². The summed E-state index contributed by atoms with van der Waals surface area (Å²) in [6.45, 7) is 1.04. The smallest absolute Gasteiger partial charge is 0.265 e. The predicted octanol–water partition coefficient (Wildman–Crippen LogP) is 8.52. The van der Waals surface area contributed by atoms with E-state index < -0.39 is 28.2 Å². The van der Waals surface area contributed by atoms with Gasteiger partial charge < -0.3 is 28.4 Å². The van der Waals surface area contributed by atoms with Crippen molar-refractivity contribution in [1.29, 1.82) is 5.41 Å². The zero-order chi connectivity index (χ0) is 32.2. The zero-order valence-corrected chi connectivity index (χ0v) is 27.2. The molecule has 46 heavy (non-hydrogen) atoms. The van der Waals surface area contributed by atoms with Crippen LogP contribution in [0.4, 0.5) is 0 Å². The Morgan fingerprint density at radius 2 is 1.04 bits per heavy atom. The first kappa shape index (κ1) is 33.8. The largest absolute Gasteiger partial charge is 0.487 e. The highest BCUT2D eigenvalue weighted by atomic mass is 35.6. The van der Waals surface area contributed by atoms with Crippen molar-refractivity contribution >= 4 is 40.7 Å². The van der Waals surface area contributed by atoms with Crippen molar-refractivity contribution in [3.05, 3.63) is 155 Å². The van der Waals surface area contributed by atoms with Crippen LogP contribution in [0.5, 0.6) is 0 Å². The van der Waals surface area contributed by atoms with Gasteiger partial charge in [-0.1, -0.05) is 156 Å². The quantitative estimate of drug-likeness (QED) is 0.0816. The van der Waals surface area contributed by atoms with Crippen molar-refractivity contribution in [3.8, 4) is 0 Å². The Balaban J connectivity index is 1.51. The molecule has 1 aliphatic rings. The number of rotatable bonds is 14. The number of halogens is 3. The van der Waals surface area contributed by atoms with Gasteiger partial charge in [0.05, 0.1) is 19.8 Å². The minimum atomic E-state index is -2.14. The molecule has 240 valence electrons. The first-order chi connectivity index (χ1) is 22.4. The van der Waals surface area contributed by atoms with Gasteiger partial charge in [0.25, 0.3) is 10.1 Å². The minimum Gasteiger partial charge on any atom is -0.487 e. The standard InChI is InChI=1S/C36H34Cl3NO6/c37-36(38,39)35(40)46-34-33(44-24-29-19-11-4-12-20-29)32(43-23-28-17-9-3-10-18-28)31(42-22-27-15-7-2-8-16-27)30(45-34)25-41-21-26-13-5-1-6-14-26/h1-20,30-31,34,40H,21-25H2/t30?,31-,34-/m0/s1. The van der Waals surface area contributed by atoms with E-state index >= 15 is 0 Å². The molecular formula is C36H34Cl3NO6. The van der Waals surface area contributed by atoms with Crippen LogP contribution in [-0.4, -0.2) is 34.8 Å². The molecule has 0 bridgehead atoms. The van der Waals surface area contributed by atoms with Crippen molar-refractivity contribution in [2.24, 2.45) is 0 Å². The van der Waals surface area contributed by atoms with Crippen molar-refractivity contribution in [2.75, 3.05) is 6.61 Å². The maximum atomic E-state index is 8.35. The minimum absolute atomic E-state index is 0.0967. The monoisotopic (exact) mass is 681 g/mol. The number of alkyl halides is 3. The Kier molecular flexibility index (Phi) is 12.4. The van der Waals surface area contributed by atoms with Gasteiger partial charge in [-0.15, -0.1) is 0 Å². The first-order valence-corrected chi connectivity index (χ1v) is 15.8. The molecule has 1 aliphatic heterocycles. The Morgan fingerprint density at radius 1 is 0.609 bits per heavy atom. The summed E-state index contributed by atoms with van der Waals surface area (Å²) in [4.78, 5) is 0. The van der Waals surface area contributed by atoms with E-state index in [4.69, 9.17) is 68.6 Å². The van der Waals surface area contributed by atoms with Crippen LogP contribution >= 0.6 is 34.8 Å². The Morgan fingerprint density at radius 3 is 1.52 bits per heavy atom. The van der Waals surface area contributed by atoms with Crippen LogP contribution in [0.3, 0.4) is 0 Å². The topological polar surface area (TPSA) is 79.2 Å². The summed E-state index contributed by atoms with van der Waals surface area (Å²) in [5.74, 6) is -0.146. The van der Waals surface area contributed by atoms with E-state index in [1.807, 2.05) is 121 Å². The van der Waals surface area contributed by atoms with Crippen molar-refractivity contribution < 1.29 is 28.4 Å². The summed E-state index contributed by atoms with van der Waals surface area (Å²) in [5, 5.41) is 8.35. The molecule has 1 N–H and O–H groups in total. The van der Waals surface area contributed by atoms with Crippen LogP contribution in [0.1, 0.15) is 22.3 Å². The Bertz CT molecular complexity index is 1540. The molecule has 1 heterocycles. The average Bonchev–Trinajstić information content (AvgIpc) is 3.07. The van der Waals surface area contributed by atoms with Gasteiger partial charge in [0, 0.05) is 0 Å². The van der Waals surface area contributed by atoms with E-state index in [-0.39, 0.29) is 32.2 Å². The number of nitrogens with one attached hydrogen (secondary N) is 1. The van der Waals surface area contributed by atoms with E-state index in [0.29, 0.717) is 12.4 Å². The molecule has 7 nitrogen and oxygen atoms in total. The van der Waals surface area contributed by atoms with E-state index in [0.717, 1.165) is 22.3 Å². The van der Waals surface area contributed by atoms with Crippen molar-refractivity contribution in [2.45, 2.75) is 48.7 Å². The van der Waals surface area contributed by atoms with Gasteiger partial charge in [-0.25, -0.2) is 0 Å².